The largest absolute Gasteiger partial charge is 0.486 e. The number of nitrogens with zero attached hydrogens (tertiary/aromatic N) is 1. The first-order valence-electron chi connectivity index (χ1n) is 8.72. The van der Waals surface area contributed by atoms with Crippen molar-refractivity contribution in [1.82, 2.24) is 4.90 Å². The van der Waals surface area contributed by atoms with Crippen molar-refractivity contribution >= 4 is 0 Å². The van der Waals surface area contributed by atoms with Crippen LogP contribution in [-0.4, -0.2) is 42.4 Å². The van der Waals surface area contributed by atoms with Crippen LogP contribution in [0.25, 0.3) is 0 Å². The maximum atomic E-state index is 13.1. The Morgan fingerprint density at radius 3 is 2.44 bits per heavy atom. The summed E-state index contributed by atoms with van der Waals surface area (Å²) in [5.41, 5.74) is -0.0829. The quantitative estimate of drug-likeness (QED) is 0.930. The van der Waals surface area contributed by atoms with Crippen LogP contribution in [0.5, 0.6) is 11.5 Å². The number of para-hydroxylation sites is 2. The molecule has 1 saturated heterocycles. The minimum Gasteiger partial charge on any atom is -0.486 e. The molecule has 132 valence electrons. The Bertz CT molecular complexity index is 726. The molecule has 4 nitrogen and oxygen atoms in total. The monoisotopic (exact) mass is 343 g/mol. The summed E-state index contributed by atoms with van der Waals surface area (Å²) in [6.07, 6.45) is 1.25. The molecule has 0 spiro atoms. The Labute approximate surface area is 146 Å². The van der Waals surface area contributed by atoms with Crippen molar-refractivity contribution in [3.05, 3.63) is 59.9 Å². The fraction of sp³-hybridized carbons (Fsp3) is 0.400. The SMILES string of the molecule is OC1(c2ccc(F)cc2)CCN(C[C@H]2COc3ccccc3O2)CC1. The van der Waals surface area contributed by atoms with Gasteiger partial charge >= 0.3 is 0 Å². The van der Waals surface area contributed by atoms with E-state index in [9.17, 15) is 9.50 Å². The van der Waals surface area contributed by atoms with Crippen LogP contribution in [0, 0.1) is 5.82 Å². The molecule has 1 N–H and O–H groups in total. The molecule has 2 aromatic carbocycles. The molecule has 0 aromatic heterocycles. The van der Waals surface area contributed by atoms with E-state index in [1.54, 1.807) is 12.1 Å². The van der Waals surface area contributed by atoms with E-state index >= 15 is 0 Å². The van der Waals surface area contributed by atoms with E-state index in [1.807, 2.05) is 24.3 Å². The van der Waals surface area contributed by atoms with Crippen LogP contribution < -0.4 is 9.47 Å². The molecule has 0 amide bonds. The number of fused-ring (bicyclic) bond motifs is 1. The molecule has 5 heteroatoms. The average Bonchev–Trinajstić information content (AvgIpc) is 2.64. The van der Waals surface area contributed by atoms with Gasteiger partial charge in [-0.25, -0.2) is 4.39 Å². The molecule has 2 aliphatic heterocycles. The van der Waals surface area contributed by atoms with Crippen LogP contribution in [0.2, 0.25) is 0 Å². The van der Waals surface area contributed by atoms with E-state index in [4.69, 9.17) is 9.47 Å². The van der Waals surface area contributed by atoms with Gasteiger partial charge in [0.25, 0.3) is 0 Å². The first-order chi connectivity index (χ1) is 12.1. The molecule has 1 atom stereocenters. The minimum absolute atomic E-state index is 0.00749. The molecule has 0 aliphatic carbocycles. The van der Waals surface area contributed by atoms with Gasteiger partial charge < -0.3 is 14.6 Å². The third kappa shape index (κ3) is 3.48. The van der Waals surface area contributed by atoms with Gasteiger partial charge in [-0.1, -0.05) is 24.3 Å². The highest BCUT2D eigenvalue weighted by atomic mass is 19.1. The summed E-state index contributed by atoms with van der Waals surface area (Å²) in [5, 5.41) is 10.9. The Hall–Kier alpha value is -2.11. The highest BCUT2D eigenvalue weighted by Crippen LogP contribution is 2.34. The van der Waals surface area contributed by atoms with Crippen molar-refractivity contribution in [3.8, 4) is 11.5 Å². The number of likely N-dealkylation sites (tertiary alicyclic amines) is 1. The second-order valence-electron chi connectivity index (χ2n) is 6.84. The van der Waals surface area contributed by atoms with E-state index in [2.05, 4.69) is 4.90 Å². The van der Waals surface area contributed by atoms with Gasteiger partial charge in [-0.3, -0.25) is 4.90 Å². The number of benzene rings is 2. The Balaban J connectivity index is 1.34. The van der Waals surface area contributed by atoms with Crippen LogP contribution in [0.15, 0.2) is 48.5 Å². The lowest BCUT2D eigenvalue weighted by Gasteiger charge is -2.40. The summed E-state index contributed by atoms with van der Waals surface area (Å²) in [7, 11) is 0. The molecule has 0 unspecified atom stereocenters. The zero-order valence-corrected chi connectivity index (χ0v) is 14.0. The van der Waals surface area contributed by atoms with Gasteiger partial charge in [-0.2, -0.15) is 0 Å². The Morgan fingerprint density at radius 2 is 1.72 bits per heavy atom. The molecular weight excluding hydrogens is 321 g/mol. The summed E-state index contributed by atoms with van der Waals surface area (Å²) in [6, 6.07) is 13.9. The van der Waals surface area contributed by atoms with Gasteiger partial charge in [-0.05, 0) is 42.7 Å². The van der Waals surface area contributed by atoms with E-state index in [-0.39, 0.29) is 11.9 Å². The number of hydrogen-bond acceptors (Lipinski definition) is 4. The predicted octanol–water partition coefficient (Wildman–Crippen LogP) is 2.95. The topological polar surface area (TPSA) is 41.9 Å². The second kappa shape index (κ2) is 6.65. The molecular formula is C20H22FNO3. The summed E-state index contributed by atoms with van der Waals surface area (Å²) in [4.78, 5) is 2.29. The van der Waals surface area contributed by atoms with Crippen LogP contribution in [0.3, 0.4) is 0 Å². The number of halogens is 1. The van der Waals surface area contributed by atoms with Crippen LogP contribution >= 0.6 is 0 Å². The predicted molar refractivity (Wildman–Crippen MR) is 92.3 cm³/mol. The number of rotatable bonds is 3. The van der Waals surface area contributed by atoms with E-state index in [1.165, 1.54) is 12.1 Å². The molecule has 0 saturated carbocycles. The average molecular weight is 343 g/mol. The summed E-state index contributed by atoms with van der Waals surface area (Å²) < 4.78 is 24.9. The Kier molecular flexibility index (Phi) is 4.36. The lowest BCUT2D eigenvalue weighted by molar-refractivity contribution is -0.0373. The third-order valence-electron chi connectivity index (χ3n) is 5.09. The van der Waals surface area contributed by atoms with Gasteiger partial charge in [0.2, 0.25) is 0 Å². The van der Waals surface area contributed by atoms with Gasteiger partial charge in [0.15, 0.2) is 11.5 Å². The maximum Gasteiger partial charge on any atom is 0.161 e. The molecule has 4 rings (SSSR count). The van der Waals surface area contributed by atoms with Crippen LogP contribution in [-0.2, 0) is 5.60 Å². The lowest BCUT2D eigenvalue weighted by Crippen LogP contribution is -2.47. The fourth-order valence-electron chi connectivity index (χ4n) is 3.60. The fourth-order valence-corrected chi connectivity index (χ4v) is 3.60. The van der Waals surface area contributed by atoms with Gasteiger partial charge in [0.1, 0.15) is 18.5 Å². The van der Waals surface area contributed by atoms with Crippen molar-refractivity contribution in [2.24, 2.45) is 0 Å². The molecule has 1 fully saturated rings. The molecule has 0 bridgehead atoms. The maximum absolute atomic E-state index is 13.1. The van der Waals surface area contributed by atoms with Crippen molar-refractivity contribution in [3.63, 3.8) is 0 Å². The van der Waals surface area contributed by atoms with Gasteiger partial charge in [0, 0.05) is 19.6 Å². The zero-order valence-electron chi connectivity index (χ0n) is 14.0. The molecule has 25 heavy (non-hydrogen) atoms. The Morgan fingerprint density at radius 1 is 1.04 bits per heavy atom. The lowest BCUT2D eigenvalue weighted by atomic mass is 9.84. The van der Waals surface area contributed by atoms with Gasteiger partial charge in [0.05, 0.1) is 5.60 Å². The van der Waals surface area contributed by atoms with E-state index in [0.717, 1.165) is 36.7 Å². The van der Waals surface area contributed by atoms with E-state index < -0.39 is 5.60 Å². The smallest absolute Gasteiger partial charge is 0.161 e. The molecule has 2 aliphatic rings. The first-order valence-corrected chi connectivity index (χ1v) is 8.72. The third-order valence-corrected chi connectivity index (χ3v) is 5.09. The first kappa shape index (κ1) is 16.4. The number of ether oxygens (including phenoxy) is 2. The van der Waals surface area contributed by atoms with Crippen LogP contribution in [0.4, 0.5) is 4.39 Å². The zero-order chi connectivity index (χ0) is 17.3. The number of hydrogen-bond donors (Lipinski definition) is 1. The highest BCUT2D eigenvalue weighted by molar-refractivity contribution is 5.40. The van der Waals surface area contributed by atoms with Gasteiger partial charge in [-0.15, -0.1) is 0 Å². The van der Waals surface area contributed by atoms with Crippen molar-refractivity contribution in [2.75, 3.05) is 26.2 Å². The molecule has 0 radical (unpaired) electrons. The highest BCUT2D eigenvalue weighted by Gasteiger charge is 2.35. The van der Waals surface area contributed by atoms with Crippen molar-refractivity contribution < 1.29 is 19.0 Å². The molecule has 2 heterocycles. The van der Waals surface area contributed by atoms with Crippen LogP contribution in [0.1, 0.15) is 18.4 Å². The summed E-state index contributed by atoms with van der Waals surface area (Å²) in [5.74, 6) is 1.31. The number of piperidine rings is 1. The summed E-state index contributed by atoms with van der Waals surface area (Å²) >= 11 is 0. The minimum atomic E-state index is -0.874. The second-order valence-corrected chi connectivity index (χ2v) is 6.84. The van der Waals surface area contributed by atoms with E-state index in [0.29, 0.717) is 19.4 Å². The van der Waals surface area contributed by atoms with Crippen molar-refractivity contribution in [2.45, 2.75) is 24.5 Å². The van der Waals surface area contributed by atoms with Crippen molar-refractivity contribution in [1.29, 1.82) is 0 Å². The standard InChI is InChI=1S/C20H22FNO3/c21-16-7-5-15(6-8-16)20(23)9-11-22(12-10-20)13-17-14-24-18-3-1-2-4-19(18)25-17/h1-8,17,23H,9-14H2/t17-/m0/s1. The normalized spacial score (nSPS) is 22.6. The number of aliphatic hydroxyl groups is 1. The molecule has 2 aromatic rings. The summed E-state index contributed by atoms with van der Waals surface area (Å²) in [6.45, 7) is 2.86.